The Morgan fingerprint density at radius 1 is 1.19 bits per heavy atom. The summed E-state index contributed by atoms with van der Waals surface area (Å²) in [5, 5.41) is 2.68. The maximum Gasteiger partial charge on any atom is 0.418 e. The number of rotatable bonds is 2. The number of amides is 1. The van der Waals surface area contributed by atoms with E-state index in [1.165, 1.54) is 17.8 Å². The van der Waals surface area contributed by atoms with Crippen LogP contribution in [0.4, 0.5) is 18.9 Å². The number of carbonyl (C=O) groups excluding carboxylic acids is 1. The predicted molar refractivity (Wildman–Crippen MR) is 89.8 cm³/mol. The second-order valence-electron chi connectivity index (χ2n) is 7.49. The molecule has 2 bridgehead atoms. The Bertz CT molecular complexity index is 918. The van der Waals surface area contributed by atoms with E-state index < -0.39 is 34.4 Å². The van der Waals surface area contributed by atoms with Crippen molar-refractivity contribution >= 4 is 11.6 Å². The van der Waals surface area contributed by atoms with Gasteiger partial charge in [-0.05, 0) is 38.3 Å². The smallest absolute Gasteiger partial charge is 0.360 e. The van der Waals surface area contributed by atoms with Gasteiger partial charge in [-0.3, -0.25) is 4.79 Å². The molecule has 1 aromatic carbocycles. The molecule has 2 unspecified atom stereocenters. The van der Waals surface area contributed by atoms with Crippen LogP contribution >= 0.6 is 0 Å². The molecule has 26 heavy (non-hydrogen) atoms. The Hall–Kier alpha value is -2.28. The Kier molecular flexibility index (Phi) is 3.38. The highest BCUT2D eigenvalue weighted by molar-refractivity contribution is 6.06. The molecule has 0 radical (unpaired) electrons. The van der Waals surface area contributed by atoms with E-state index in [0.717, 1.165) is 30.2 Å². The van der Waals surface area contributed by atoms with Crippen molar-refractivity contribution in [2.24, 2.45) is 7.05 Å². The lowest BCUT2D eigenvalue weighted by Crippen LogP contribution is -2.23. The number of fused-ring (bicyclic) bond motifs is 5. The fourth-order valence-electron chi connectivity index (χ4n) is 4.29. The van der Waals surface area contributed by atoms with E-state index in [9.17, 15) is 18.0 Å². The lowest BCUT2D eigenvalue weighted by molar-refractivity contribution is -0.137. The minimum atomic E-state index is -4.59. The van der Waals surface area contributed by atoms with Crippen LogP contribution in [0.3, 0.4) is 0 Å². The van der Waals surface area contributed by atoms with Crippen molar-refractivity contribution in [1.82, 2.24) is 4.57 Å². The fraction of sp³-hybridized carbons (Fsp3) is 0.421. The van der Waals surface area contributed by atoms with Gasteiger partial charge in [0.25, 0.3) is 5.91 Å². The van der Waals surface area contributed by atoms with E-state index in [-0.39, 0.29) is 0 Å². The molecule has 0 saturated carbocycles. The molecule has 2 aromatic rings. The third-order valence-electron chi connectivity index (χ3n) is 5.45. The first kappa shape index (κ1) is 17.1. The zero-order chi connectivity index (χ0) is 18.9. The molecule has 2 aliphatic rings. The number of hydrogen-bond donors (Lipinski definition) is 1. The highest BCUT2D eigenvalue weighted by Crippen LogP contribution is 2.59. The normalized spacial score (nSPS) is 26.8. The van der Waals surface area contributed by atoms with E-state index >= 15 is 0 Å². The number of ether oxygens (including phenoxy) is 1. The first-order valence-corrected chi connectivity index (χ1v) is 8.42. The molecule has 2 aliphatic heterocycles. The molecule has 1 saturated heterocycles. The average Bonchev–Trinajstić information content (AvgIpc) is 3.14. The van der Waals surface area contributed by atoms with Crippen LogP contribution in [0.15, 0.2) is 30.6 Å². The molecular formula is C19H19F3N2O2. The molecule has 138 valence electrons. The molecule has 4 rings (SSSR count). The van der Waals surface area contributed by atoms with E-state index in [1.807, 2.05) is 19.9 Å². The minimum Gasteiger partial charge on any atom is -0.360 e. The van der Waals surface area contributed by atoms with Crippen molar-refractivity contribution < 1.29 is 22.7 Å². The summed E-state index contributed by atoms with van der Waals surface area (Å²) in [5.74, 6) is -0.775. The van der Waals surface area contributed by atoms with Crippen molar-refractivity contribution in [3.8, 4) is 0 Å². The summed E-state index contributed by atoms with van der Waals surface area (Å²) in [5.41, 5.74) is 0.0980. The number of nitrogens with zero attached hydrogens (tertiary/aromatic N) is 1. The number of aryl methyl sites for hydroxylation is 1. The first-order chi connectivity index (χ1) is 12.0. The highest BCUT2D eigenvalue weighted by atomic mass is 19.4. The van der Waals surface area contributed by atoms with Crippen LogP contribution in [0.2, 0.25) is 0 Å². The SMILES string of the molecule is Cn1cc(C(=O)Nc2cccc3c2C2(C)CCC3(C)O2)c(C(F)(F)F)c1. The topological polar surface area (TPSA) is 43.3 Å². The Labute approximate surface area is 149 Å². The van der Waals surface area contributed by atoms with Crippen LogP contribution in [0, 0.1) is 0 Å². The lowest BCUT2D eigenvalue weighted by atomic mass is 9.77. The first-order valence-electron chi connectivity index (χ1n) is 8.42. The summed E-state index contributed by atoms with van der Waals surface area (Å²) < 4.78 is 47.0. The monoisotopic (exact) mass is 364 g/mol. The van der Waals surface area contributed by atoms with Crippen molar-refractivity contribution in [2.75, 3.05) is 5.32 Å². The number of benzene rings is 1. The van der Waals surface area contributed by atoms with E-state index in [1.54, 1.807) is 12.1 Å². The molecule has 7 heteroatoms. The summed E-state index contributed by atoms with van der Waals surface area (Å²) in [6.45, 7) is 3.97. The molecule has 1 amide bonds. The van der Waals surface area contributed by atoms with Gasteiger partial charge < -0.3 is 14.6 Å². The second-order valence-corrected chi connectivity index (χ2v) is 7.49. The van der Waals surface area contributed by atoms with Gasteiger partial charge in [-0.15, -0.1) is 0 Å². The van der Waals surface area contributed by atoms with Gasteiger partial charge in [0.2, 0.25) is 0 Å². The highest BCUT2D eigenvalue weighted by Gasteiger charge is 2.55. The number of carbonyl (C=O) groups is 1. The summed E-state index contributed by atoms with van der Waals surface area (Å²) >= 11 is 0. The maximum absolute atomic E-state index is 13.2. The Balaban J connectivity index is 1.73. The van der Waals surface area contributed by atoms with Crippen molar-refractivity contribution in [1.29, 1.82) is 0 Å². The molecule has 1 N–H and O–H groups in total. The van der Waals surface area contributed by atoms with Crippen LogP contribution in [0.5, 0.6) is 0 Å². The third-order valence-corrected chi connectivity index (χ3v) is 5.45. The van der Waals surface area contributed by atoms with Crippen LogP contribution in [-0.4, -0.2) is 10.5 Å². The van der Waals surface area contributed by atoms with Crippen molar-refractivity contribution in [3.63, 3.8) is 0 Å². The summed E-state index contributed by atoms with van der Waals surface area (Å²) in [6, 6.07) is 5.47. The largest absolute Gasteiger partial charge is 0.418 e. The van der Waals surface area contributed by atoms with Gasteiger partial charge in [-0.25, -0.2) is 0 Å². The second kappa shape index (κ2) is 5.13. The number of alkyl halides is 3. The van der Waals surface area contributed by atoms with Crippen molar-refractivity contribution in [2.45, 2.75) is 44.1 Å². The average molecular weight is 364 g/mol. The number of anilines is 1. The van der Waals surface area contributed by atoms with Crippen LogP contribution in [-0.2, 0) is 29.2 Å². The van der Waals surface area contributed by atoms with Crippen LogP contribution in [0.25, 0.3) is 0 Å². The molecule has 0 aliphatic carbocycles. The molecule has 3 heterocycles. The molecule has 0 spiro atoms. The third kappa shape index (κ3) is 2.37. The zero-order valence-corrected chi connectivity index (χ0v) is 14.7. The van der Waals surface area contributed by atoms with Gasteiger partial charge in [-0.1, -0.05) is 12.1 Å². The van der Waals surface area contributed by atoms with Gasteiger partial charge in [0.05, 0.1) is 22.3 Å². The standard InChI is InChI=1S/C19H19F3N2O2/c1-17-7-8-18(2,26-17)15-12(17)5-4-6-14(15)23-16(25)11-9-24(3)10-13(11)19(20,21)22/h4-6,9-10H,7-8H2,1-3H3,(H,23,25). The van der Waals surface area contributed by atoms with Gasteiger partial charge in [0, 0.05) is 30.7 Å². The summed E-state index contributed by atoms with van der Waals surface area (Å²) in [7, 11) is 1.46. The van der Waals surface area contributed by atoms with Crippen LogP contribution < -0.4 is 5.32 Å². The fourth-order valence-corrected chi connectivity index (χ4v) is 4.29. The van der Waals surface area contributed by atoms with Crippen LogP contribution in [0.1, 0.15) is 53.7 Å². The number of hydrogen-bond acceptors (Lipinski definition) is 2. The number of aromatic nitrogens is 1. The molecular weight excluding hydrogens is 345 g/mol. The summed E-state index contributed by atoms with van der Waals surface area (Å²) in [4.78, 5) is 12.6. The number of halogens is 3. The van der Waals surface area contributed by atoms with Gasteiger partial charge in [0.1, 0.15) is 0 Å². The predicted octanol–water partition coefficient (Wildman–Crippen LogP) is 4.55. The maximum atomic E-state index is 13.2. The van der Waals surface area contributed by atoms with Crippen molar-refractivity contribution in [3.05, 3.63) is 52.8 Å². The molecule has 4 nitrogen and oxygen atoms in total. The van der Waals surface area contributed by atoms with E-state index in [2.05, 4.69) is 5.32 Å². The molecule has 1 fully saturated rings. The Morgan fingerprint density at radius 3 is 2.58 bits per heavy atom. The number of nitrogens with one attached hydrogen (secondary N) is 1. The quantitative estimate of drug-likeness (QED) is 0.850. The Morgan fingerprint density at radius 2 is 1.88 bits per heavy atom. The van der Waals surface area contributed by atoms with E-state index in [0.29, 0.717) is 5.69 Å². The van der Waals surface area contributed by atoms with Gasteiger partial charge in [-0.2, -0.15) is 13.2 Å². The molecule has 2 atom stereocenters. The van der Waals surface area contributed by atoms with Gasteiger partial charge in [0.15, 0.2) is 0 Å². The van der Waals surface area contributed by atoms with Gasteiger partial charge >= 0.3 is 6.18 Å². The molecule has 1 aromatic heterocycles. The van der Waals surface area contributed by atoms with E-state index in [4.69, 9.17) is 4.74 Å². The zero-order valence-electron chi connectivity index (χ0n) is 14.7. The minimum absolute atomic E-state index is 0.391. The lowest BCUT2D eigenvalue weighted by Gasteiger charge is -2.25. The summed E-state index contributed by atoms with van der Waals surface area (Å²) in [6.07, 6.45) is -0.799.